The van der Waals surface area contributed by atoms with Crippen LogP contribution in [0.1, 0.15) is 42.0 Å². The standard InChI is InChI=1S/C26H25Cl2NO3/c27-22-13-7-12-21(24(22)28)25(29-15-5-4-14-23(29)26(30)31)19-10-6-11-20(16-19)32-17-18-8-2-1-3-9-18/h1-3,6-13,16,23,25H,4-5,14-15,17H2,(H,30,31). The molecule has 0 bridgehead atoms. The molecule has 0 amide bonds. The Balaban J connectivity index is 1.71. The van der Waals surface area contributed by atoms with Crippen LogP contribution in [-0.2, 0) is 11.4 Å². The molecular weight excluding hydrogens is 445 g/mol. The summed E-state index contributed by atoms with van der Waals surface area (Å²) in [7, 11) is 0. The highest BCUT2D eigenvalue weighted by atomic mass is 35.5. The molecule has 0 saturated carbocycles. The van der Waals surface area contributed by atoms with Gasteiger partial charge < -0.3 is 9.84 Å². The van der Waals surface area contributed by atoms with Crippen molar-refractivity contribution in [2.45, 2.75) is 38.0 Å². The third-order valence-electron chi connectivity index (χ3n) is 5.86. The van der Waals surface area contributed by atoms with Gasteiger partial charge in [0.2, 0.25) is 0 Å². The highest BCUT2D eigenvalue weighted by Crippen LogP contribution is 2.40. The van der Waals surface area contributed by atoms with Gasteiger partial charge in [0, 0.05) is 0 Å². The number of nitrogens with zero attached hydrogens (tertiary/aromatic N) is 1. The third kappa shape index (κ3) is 5.09. The molecule has 1 fully saturated rings. The van der Waals surface area contributed by atoms with E-state index in [4.69, 9.17) is 27.9 Å². The van der Waals surface area contributed by atoms with E-state index in [0.29, 0.717) is 29.6 Å². The Morgan fingerprint density at radius 2 is 1.81 bits per heavy atom. The first-order valence-corrected chi connectivity index (χ1v) is 11.5. The molecule has 2 atom stereocenters. The molecule has 1 saturated heterocycles. The monoisotopic (exact) mass is 469 g/mol. The molecule has 2 unspecified atom stereocenters. The van der Waals surface area contributed by atoms with E-state index in [2.05, 4.69) is 0 Å². The molecule has 4 rings (SSSR count). The summed E-state index contributed by atoms with van der Waals surface area (Å²) in [5.74, 6) is -0.0947. The zero-order chi connectivity index (χ0) is 22.5. The van der Waals surface area contributed by atoms with E-state index in [-0.39, 0.29) is 6.04 Å². The number of aliphatic carboxylic acids is 1. The normalized spacial score (nSPS) is 17.6. The first-order chi connectivity index (χ1) is 15.5. The predicted octanol–water partition coefficient (Wildman–Crippen LogP) is 6.60. The summed E-state index contributed by atoms with van der Waals surface area (Å²) < 4.78 is 6.04. The van der Waals surface area contributed by atoms with Gasteiger partial charge in [-0.1, -0.05) is 84.2 Å². The second kappa shape index (κ2) is 10.4. The SMILES string of the molecule is O=C(O)C1CCCCN1C(c1cccc(OCc2ccccc2)c1)c1cccc(Cl)c1Cl. The summed E-state index contributed by atoms with van der Waals surface area (Å²) in [4.78, 5) is 14.1. The number of halogens is 2. The maximum Gasteiger partial charge on any atom is 0.320 e. The van der Waals surface area contributed by atoms with Crippen LogP contribution in [0.25, 0.3) is 0 Å². The van der Waals surface area contributed by atoms with E-state index in [1.807, 2.05) is 71.6 Å². The molecule has 1 aliphatic rings. The molecule has 0 spiro atoms. The van der Waals surface area contributed by atoms with Crippen molar-refractivity contribution in [3.05, 3.63) is 99.5 Å². The van der Waals surface area contributed by atoms with Crippen molar-refractivity contribution in [3.63, 3.8) is 0 Å². The molecule has 1 heterocycles. The molecule has 1 aliphatic heterocycles. The fourth-order valence-electron chi connectivity index (χ4n) is 4.32. The Morgan fingerprint density at radius 1 is 1.03 bits per heavy atom. The lowest BCUT2D eigenvalue weighted by Gasteiger charge is -2.40. The van der Waals surface area contributed by atoms with Crippen molar-refractivity contribution in [2.75, 3.05) is 6.54 Å². The summed E-state index contributed by atoms with van der Waals surface area (Å²) in [6.07, 6.45) is 2.43. The van der Waals surface area contributed by atoms with Crippen molar-refractivity contribution in [1.29, 1.82) is 0 Å². The molecule has 3 aromatic rings. The zero-order valence-corrected chi connectivity index (χ0v) is 19.1. The molecule has 4 nitrogen and oxygen atoms in total. The first-order valence-electron chi connectivity index (χ1n) is 10.7. The van der Waals surface area contributed by atoms with Crippen LogP contribution < -0.4 is 4.74 Å². The lowest BCUT2D eigenvalue weighted by Crippen LogP contribution is -2.46. The highest BCUT2D eigenvalue weighted by molar-refractivity contribution is 6.42. The molecule has 3 aromatic carbocycles. The second-order valence-corrected chi connectivity index (χ2v) is 8.77. The maximum absolute atomic E-state index is 12.1. The van der Waals surface area contributed by atoms with Crippen molar-refractivity contribution in [3.8, 4) is 5.75 Å². The first kappa shape index (κ1) is 22.7. The Hall–Kier alpha value is -2.53. The van der Waals surface area contributed by atoms with Crippen molar-refractivity contribution in [1.82, 2.24) is 4.90 Å². The van der Waals surface area contributed by atoms with Crippen molar-refractivity contribution in [2.24, 2.45) is 0 Å². The summed E-state index contributed by atoms with van der Waals surface area (Å²) in [6.45, 7) is 1.12. The number of rotatable bonds is 7. The van der Waals surface area contributed by atoms with Gasteiger partial charge in [-0.3, -0.25) is 9.69 Å². The third-order valence-corrected chi connectivity index (χ3v) is 6.69. The minimum absolute atomic E-state index is 0.345. The summed E-state index contributed by atoms with van der Waals surface area (Å²) >= 11 is 13.0. The molecule has 6 heteroatoms. The summed E-state index contributed by atoms with van der Waals surface area (Å²) in [5, 5.41) is 10.8. The minimum Gasteiger partial charge on any atom is -0.489 e. The van der Waals surface area contributed by atoms with Crippen LogP contribution in [0.2, 0.25) is 10.0 Å². The van der Waals surface area contributed by atoms with Crippen LogP contribution in [-0.4, -0.2) is 28.6 Å². The number of carboxylic acids is 1. The van der Waals surface area contributed by atoms with Gasteiger partial charge in [-0.05, 0) is 54.3 Å². The number of carbonyl (C=O) groups is 1. The summed E-state index contributed by atoms with van der Waals surface area (Å²) in [6, 6.07) is 22.4. The van der Waals surface area contributed by atoms with Crippen LogP contribution in [0.15, 0.2) is 72.8 Å². The van der Waals surface area contributed by atoms with E-state index in [1.54, 1.807) is 6.07 Å². The number of piperidine rings is 1. The van der Waals surface area contributed by atoms with Crippen LogP contribution >= 0.6 is 23.2 Å². The number of benzene rings is 3. The van der Waals surface area contributed by atoms with Gasteiger partial charge in [0.05, 0.1) is 16.1 Å². The molecule has 32 heavy (non-hydrogen) atoms. The number of hydrogen-bond acceptors (Lipinski definition) is 3. The fourth-order valence-corrected chi connectivity index (χ4v) is 4.74. The Bertz CT molecular complexity index is 1070. The maximum atomic E-state index is 12.1. The molecule has 0 radical (unpaired) electrons. The predicted molar refractivity (Wildman–Crippen MR) is 128 cm³/mol. The van der Waals surface area contributed by atoms with Crippen LogP contribution in [0, 0.1) is 0 Å². The van der Waals surface area contributed by atoms with E-state index in [9.17, 15) is 9.90 Å². The van der Waals surface area contributed by atoms with Gasteiger partial charge in [-0.15, -0.1) is 0 Å². The highest BCUT2D eigenvalue weighted by Gasteiger charge is 2.36. The quantitative estimate of drug-likeness (QED) is 0.423. The number of carboxylic acid groups (broad SMARTS) is 1. The van der Waals surface area contributed by atoms with E-state index in [1.165, 1.54) is 0 Å². The van der Waals surface area contributed by atoms with Crippen LogP contribution in [0.5, 0.6) is 5.75 Å². The lowest BCUT2D eigenvalue weighted by atomic mass is 9.91. The molecule has 1 N–H and O–H groups in total. The van der Waals surface area contributed by atoms with Gasteiger partial charge in [-0.2, -0.15) is 0 Å². The van der Waals surface area contributed by atoms with Crippen molar-refractivity contribution >= 4 is 29.2 Å². The largest absolute Gasteiger partial charge is 0.489 e. The molecule has 166 valence electrons. The molecule has 0 aromatic heterocycles. The zero-order valence-electron chi connectivity index (χ0n) is 17.6. The van der Waals surface area contributed by atoms with Gasteiger partial charge in [0.25, 0.3) is 0 Å². The number of ether oxygens (including phenoxy) is 1. The van der Waals surface area contributed by atoms with Gasteiger partial charge in [0.1, 0.15) is 18.4 Å². The van der Waals surface area contributed by atoms with Gasteiger partial charge >= 0.3 is 5.97 Å². The number of likely N-dealkylation sites (tertiary alicyclic amines) is 1. The smallest absolute Gasteiger partial charge is 0.320 e. The number of hydrogen-bond donors (Lipinski definition) is 1. The van der Waals surface area contributed by atoms with Gasteiger partial charge in [0.15, 0.2) is 0 Å². The van der Waals surface area contributed by atoms with Crippen molar-refractivity contribution < 1.29 is 14.6 Å². The van der Waals surface area contributed by atoms with E-state index < -0.39 is 12.0 Å². The molecular formula is C26H25Cl2NO3. The second-order valence-electron chi connectivity index (χ2n) is 7.98. The van der Waals surface area contributed by atoms with E-state index >= 15 is 0 Å². The van der Waals surface area contributed by atoms with Gasteiger partial charge in [-0.25, -0.2) is 0 Å². The molecule has 0 aliphatic carbocycles. The van der Waals surface area contributed by atoms with E-state index in [0.717, 1.165) is 35.3 Å². The minimum atomic E-state index is -0.815. The Labute approximate surface area is 198 Å². The Morgan fingerprint density at radius 3 is 2.59 bits per heavy atom. The average molecular weight is 470 g/mol. The Kier molecular flexibility index (Phi) is 7.36. The van der Waals surface area contributed by atoms with Crippen LogP contribution in [0.4, 0.5) is 0 Å². The fraction of sp³-hybridized carbons (Fsp3) is 0.269. The van der Waals surface area contributed by atoms with Crippen LogP contribution in [0.3, 0.4) is 0 Å². The topological polar surface area (TPSA) is 49.8 Å². The average Bonchev–Trinajstić information content (AvgIpc) is 2.82. The lowest BCUT2D eigenvalue weighted by molar-refractivity contribution is -0.145. The summed E-state index contributed by atoms with van der Waals surface area (Å²) in [5.41, 5.74) is 2.80.